The summed E-state index contributed by atoms with van der Waals surface area (Å²) < 4.78 is 2.77. The summed E-state index contributed by atoms with van der Waals surface area (Å²) in [6, 6.07) is 0.377. The lowest BCUT2D eigenvalue weighted by molar-refractivity contribution is 0.679. The molecule has 0 aromatic carbocycles. The summed E-state index contributed by atoms with van der Waals surface area (Å²) in [6.45, 7) is 3.82. The Labute approximate surface area is 91.0 Å². The van der Waals surface area contributed by atoms with Crippen LogP contribution in [0.5, 0.6) is 0 Å². The largest absolute Gasteiger partial charge is 0.394 e. The van der Waals surface area contributed by atoms with E-state index in [1.165, 1.54) is 0 Å². The Bertz CT molecular complexity index is 446. The molecular weight excluding hydrogens is 244 g/mol. The average molecular weight is 257 g/mol. The Balaban J connectivity index is 2.76. The minimum Gasteiger partial charge on any atom is -0.394 e. The van der Waals surface area contributed by atoms with Crippen LogP contribution in [0.15, 0.2) is 9.27 Å². The molecule has 1 heterocycles. The van der Waals surface area contributed by atoms with Crippen LogP contribution in [0.25, 0.3) is 0 Å². The molecule has 76 valence electrons. The highest BCUT2D eigenvalue weighted by molar-refractivity contribution is 9.10. The van der Waals surface area contributed by atoms with Gasteiger partial charge in [0, 0.05) is 16.2 Å². The summed E-state index contributed by atoms with van der Waals surface area (Å²) in [5.74, 6) is 0. The molecule has 0 unspecified atom stereocenters. The first-order valence-corrected chi connectivity index (χ1v) is 5.50. The van der Waals surface area contributed by atoms with E-state index in [1.54, 1.807) is 0 Å². The summed E-state index contributed by atoms with van der Waals surface area (Å²) in [7, 11) is 0. The van der Waals surface area contributed by atoms with Gasteiger partial charge in [0.25, 0.3) is 5.56 Å². The third-order valence-electron chi connectivity index (χ3n) is 2.77. The maximum Gasteiger partial charge on any atom is 0.274 e. The van der Waals surface area contributed by atoms with E-state index < -0.39 is 0 Å². The Morgan fingerprint density at radius 2 is 2.00 bits per heavy atom. The number of hydrogen-bond donors (Lipinski definition) is 1. The molecule has 0 atom stereocenters. The van der Waals surface area contributed by atoms with E-state index in [0.29, 0.717) is 11.7 Å². The summed E-state index contributed by atoms with van der Waals surface area (Å²) in [5, 5.41) is 0. The van der Waals surface area contributed by atoms with E-state index in [1.807, 2.05) is 18.4 Å². The maximum absolute atomic E-state index is 11.9. The van der Waals surface area contributed by atoms with Gasteiger partial charge in [-0.3, -0.25) is 4.79 Å². The fraction of sp³-hybridized carbons (Fsp3) is 0.500. The predicted octanol–water partition coefficient (Wildman–Crippen LogP) is 2.14. The topological polar surface area (TPSA) is 48.0 Å². The van der Waals surface area contributed by atoms with Gasteiger partial charge in [0.15, 0.2) is 0 Å². The lowest BCUT2D eigenvalue weighted by atomic mass is 10.2. The van der Waals surface area contributed by atoms with E-state index in [2.05, 4.69) is 15.9 Å². The number of nitrogens with zero attached hydrogens (tertiary/aromatic N) is 1. The number of pyridine rings is 1. The molecule has 0 saturated heterocycles. The van der Waals surface area contributed by atoms with Crippen LogP contribution in [0.2, 0.25) is 0 Å². The van der Waals surface area contributed by atoms with Crippen molar-refractivity contribution in [2.75, 3.05) is 5.73 Å². The first-order valence-electron chi connectivity index (χ1n) is 4.70. The second-order valence-corrected chi connectivity index (χ2v) is 4.64. The molecule has 1 saturated carbocycles. The molecule has 3 nitrogen and oxygen atoms in total. The number of nitrogens with two attached hydrogens (primary N) is 1. The molecule has 0 radical (unpaired) electrons. The fourth-order valence-electron chi connectivity index (χ4n) is 1.71. The molecule has 4 heteroatoms. The van der Waals surface area contributed by atoms with Gasteiger partial charge in [0.05, 0.1) is 0 Å². The quantitative estimate of drug-likeness (QED) is 0.837. The molecule has 1 aliphatic rings. The molecule has 0 amide bonds. The summed E-state index contributed by atoms with van der Waals surface area (Å²) in [6.07, 6.45) is 2.19. The van der Waals surface area contributed by atoms with Crippen molar-refractivity contribution >= 4 is 21.6 Å². The third-order valence-corrected chi connectivity index (χ3v) is 3.94. The number of nitrogen functional groups attached to an aromatic ring is 1. The number of hydrogen-bond acceptors (Lipinski definition) is 2. The van der Waals surface area contributed by atoms with Crippen molar-refractivity contribution in [2.45, 2.75) is 32.7 Å². The fourth-order valence-corrected chi connectivity index (χ4v) is 2.11. The molecule has 0 bridgehead atoms. The summed E-state index contributed by atoms with van der Waals surface area (Å²) in [5.41, 5.74) is 7.93. The van der Waals surface area contributed by atoms with Gasteiger partial charge in [-0.25, -0.2) is 0 Å². The second-order valence-electron chi connectivity index (χ2n) is 3.84. The monoisotopic (exact) mass is 256 g/mol. The van der Waals surface area contributed by atoms with Crippen molar-refractivity contribution in [1.82, 2.24) is 4.57 Å². The summed E-state index contributed by atoms with van der Waals surface area (Å²) >= 11 is 3.47. The molecule has 14 heavy (non-hydrogen) atoms. The molecule has 1 aromatic heterocycles. The zero-order chi connectivity index (χ0) is 10.5. The maximum atomic E-state index is 11.9. The molecular formula is C10H13BrN2O. The van der Waals surface area contributed by atoms with Gasteiger partial charge in [-0.05, 0) is 48.2 Å². The number of halogens is 1. The second kappa shape index (κ2) is 3.12. The zero-order valence-corrected chi connectivity index (χ0v) is 9.89. The lowest BCUT2D eigenvalue weighted by Gasteiger charge is -2.14. The molecule has 1 aliphatic carbocycles. The first kappa shape index (κ1) is 9.77. The van der Waals surface area contributed by atoms with Crippen LogP contribution in [0.4, 0.5) is 5.69 Å². The van der Waals surface area contributed by atoms with Gasteiger partial charge < -0.3 is 10.3 Å². The van der Waals surface area contributed by atoms with Crippen molar-refractivity contribution in [1.29, 1.82) is 0 Å². The highest BCUT2D eigenvalue weighted by Gasteiger charge is 2.28. The Morgan fingerprint density at radius 1 is 1.43 bits per heavy atom. The Kier molecular flexibility index (Phi) is 2.18. The Morgan fingerprint density at radius 3 is 2.50 bits per heavy atom. The van der Waals surface area contributed by atoms with E-state index in [0.717, 1.165) is 28.6 Å². The number of rotatable bonds is 1. The highest BCUT2D eigenvalue weighted by atomic mass is 79.9. The molecule has 0 spiro atoms. The minimum absolute atomic E-state index is 0.0364. The van der Waals surface area contributed by atoms with Gasteiger partial charge >= 0.3 is 0 Å². The first-order chi connectivity index (χ1) is 6.54. The van der Waals surface area contributed by atoms with Crippen molar-refractivity contribution in [2.24, 2.45) is 0 Å². The third kappa shape index (κ3) is 1.29. The van der Waals surface area contributed by atoms with Gasteiger partial charge in [-0.1, -0.05) is 0 Å². The van der Waals surface area contributed by atoms with Crippen LogP contribution in [0.1, 0.15) is 30.1 Å². The normalized spacial score (nSPS) is 15.9. The van der Waals surface area contributed by atoms with Crippen molar-refractivity contribution in [3.05, 3.63) is 26.1 Å². The van der Waals surface area contributed by atoms with Gasteiger partial charge in [0.1, 0.15) is 5.69 Å². The summed E-state index contributed by atoms with van der Waals surface area (Å²) in [4.78, 5) is 11.9. The molecule has 1 fully saturated rings. The smallest absolute Gasteiger partial charge is 0.274 e. The SMILES string of the molecule is Cc1c(Br)c(C)n(C2CC2)c(=O)c1N. The van der Waals surface area contributed by atoms with Crippen molar-refractivity contribution in [3.8, 4) is 0 Å². The van der Waals surface area contributed by atoms with Crippen LogP contribution in [0.3, 0.4) is 0 Å². The van der Waals surface area contributed by atoms with Crippen molar-refractivity contribution < 1.29 is 0 Å². The number of aromatic nitrogens is 1. The number of anilines is 1. The molecule has 2 rings (SSSR count). The standard InChI is InChI=1S/C10H13BrN2O/c1-5-8(11)6(2)13(7-3-4-7)10(14)9(5)12/h7H,3-4,12H2,1-2H3. The molecule has 2 N–H and O–H groups in total. The van der Waals surface area contributed by atoms with Gasteiger partial charge in [0.2, 0.25) is 0 Å². The van der Waals surface area contributed by atoms with Crippen LogP contribution in [-0.4, -0.2) is 4.57 Å². The lowest BCUT2D eigenvalue weighted by Crippen LogP contribution is -2.25. The highest BCUT2D eigenvalue weighted by Crippen LogP contribution is 2.36. The van der Waals surface area contributed by atoms with E-state index >= 15 is 0 Å². The average Bonchev–Trinajstić information content (AvgIpc) is 2.96. The van der Waals surface area contributed by atoms with E-state index in [9.17, 15) is 4.79 Å². The van der Waals surface area contributed by atoms with E-state index in [4.69, 9.17) is 5.73 Å². The predicted molar refractivity (Wildman–Crippen MR) is 60.6 cm³/mol. The molecule has 1 aromatic rings. The van der Waals surface area contributed by atoms with Crippen LogP contribution >= 0.6 is 15.9 Å². The zero-order valence-electron chi connectivity index (χ0n) is 8.30. The van der Waals surface area contributed by atoms with Crippen molar-refractivity contribution in [3.63, 3.8) is 0 Å². The Hall–Kier alpha value is -0.770. The van der Waals surface area contributed by atoms with Crippen LogP contribution in [0, 0.1) is 13.8 Å². The van der Waals surface area contributed by atoms with E-state index in [-0.39, 0.29) is 5.56 Å². The molecule has 0 aliphatic heterocycles. The van der Waals surface area contributed by atoms with Gasteiger partial charge in [-0.15, -0.1) is 0 Å². The minimum atomic E-state index is -0.0364. The van der Waals surface area contributed by atoms with Crippen LogP contribution < -0.4 is 11.3 Å². The van der Waals surface area contributed by atoms with Gasteiger partial charge in [-0.2, -0.15) is 0 Å². The van der Waals surface area contributed by atoms with Crippen LogP contribution in [-0.2, 0) is 0 Å².